The van der Waals surface area contributed by atoms with Gasteiger partial charge in [0, 0.05) is 25.3 Å². The molecule has 4 rings (SSSR count). The van der Waals surface area contributed by atoms with Crippen LogP contribution in [-0.2, 0) is 4.79 Å². The van der Waals surface area contributed by atoms with E-state index in [0.717, 1.165) is 31.7 Å². The Morgan fingerprint density at radius 3 is 2.21 bits per heavy atom. The number of piperidine rings is 1. The van der Waals surface area contributed by atoms with E-state index in [1.165, 1.54) is 17.7 Å². The maximum atomic E-state index is 15.4. The highest BCUT2D eigenvalue weighted by molar-refractivity contribution is 5.94. The van der Waals surface area contributed by atoms with Gasteiger partial charge in [-0.25, -0.2) is 18.4 Å². The summed E-state index contributed by atoms with van der Waals surface area (Å²) in [7, 11) is 0. The van der Waals surface area contributed by atoms with Crippen molar-refractivity contribution >= 4 is 28.5 Å². The second-order valence-electron chi connectivity index (χ2n) is 8.41. The lowest BCUT2D eigenvalue weighted by Crippen LogP contribution is -2.37. The van der Waals surface area contributed by atoms with Crippen molar-refractivity contribution in [3.05, 3.63) is 39.7 Å². The fraction of sp³-hybridized carbons (Fsp3) is 0.500. The number of fused-ring (bicyclic) bond motifs is 1. The lowest BCUT2D eigenvalue weighted by Gasteiger charge is -2.33. The van der Waals surface area contributed by atoms with Crippen molar-refractivity contribution < 1.29 is 33.7 Å². The fourth-order valence-electron chi connectivity index (χ4n) is 3.91. The highest BCUT2D eigenvalue weighted by Gasteiger charge is 2.31. The molecule has 1 aromatic carbocycles. The third-order valence-electron chi connectivity index (χ3n) is 5.98. The van der Waals surface area contributed by atoms with Crippen LogP contribution in [0.15, 0.2) is 17.1 Å². The molecule has 2 aromatic rings. The zero-order valence-electron chi connectivity index (χ0n) is 18.1. The van der Waals surface area contributed by atoms with Crippen LogP contribution in [0.2, 0.25) is 0 Å². The van der Waals surface area contributed by atoms with Crippen molar-refractivity contribution in [2.75, 3.05) is 24.5 Å². The summed E-state index contributed by atoms with van der Waals surface area (Å²) in [4.78, 5) is 35.0. The number of carboxylic acid groups (broad SMARTS) is 2. The largest absolute Gasteiger partial charge is 0.479 e. The molecule has 0 spiro atoms. The topological polar surface area (TPSA) is 146 Å². The van der Waals surface area contributed by atoms with Gasteiger partial charge in [0.2, 0.25) is 5.43 Å². The second-order valence-corrected chi connectivity index (χ2v) is 8.41. The molecule has 0 radical (unpaired) electrons. The summed E-state index contributed by atoms with van der Waals surface area (Å²) < 4.78 is 31.7. The zero-order chi connectivity index (χ0) is 24.4. The van der Waals surface area contributed by atoms with E-state index in [9.17, 15) is 23.9 Å². The number of anilines is 1. The van der Waals surface area contributed by atoms with Gasteiger partial charge in [0.15, 0.2) is 5.82 Å². The molecule has 33 heavy (non-hydrogen) atoms. The Morgan fingerprint density at radius 2 is 1.76 bits per heavy atom. The van der Waals surface area contributed by atoms with Gasteiger partial charge in [-0.3, -0.25) is 4.79 Å². The summed E-state index contributed by atoms with van der Waals surface area (Å²) in [5.41, 5.74) is 4.20. The number of hydrogen-bond acceptors (Lipinski definition) is 6. The number of aliphatic carboxylic acids is 1. The van der Waals surface area contributed by atoms with Gasteiger partial charge in [-0.1, -0.05) is 0 Å². The number of aromatic carboxylic acids is 1. The summed E-state index contributed by atoms with van der Waals surface area (Å²) >= 11 is 0. The average molecular weight is 467 g/mol. The Kier molecular flexibility index (Phi) is 7.33. The normalized spacial score (nSPS) is 17.4. The molecule has 1 aliphatic heterocycles. The molecule has 1 saturated heterocycles. The minimum absolute atomic E-state index is 0.00940. The lowest BCUT2D eigenvalue weighted by atomic mass is 9.96. The molecule has 0 amide bonds. The monoisotopic (exact) mass is 467 g/mol. The van der Waals surface area contributed by atoms with Gasteiger partial charge in [-0.2, -0.15) is 0 Å². The van der Waals surface area contributed by atoms with Crippen LogP contribution in [-0.4, -0.2) is 57.6 Å². The molecule has 180 valence electrons. The molecule has 1 aromatic heterocycles. The van der Waals surface area contributed by atoms with Crippen molar-refractivity contribution in [3.8, 4) is 0 Å². The Labute approximate surface area is 188 Å². The number of carboxylic acids is 2. The van der Waals surface area contributed by atoms with E-state index < -0.39 is 40.7 Å². The van der Waals surface area contributed by atoms with Crippen LogP contribution in [0.5, 0.6) is 0 Å². The van der Waals surface area contributed by atoms with E-state index in [0.29, 0.717) is 25.6 Å². The first-order chi connectivity index (χ1) is 15.6. The first kappa shape index (κ1) is 24.6. The number of aromatic nitrogens is 1. The molecule has 2 fully saturated rings. The van der Waals surface area contributed by atoms with Crippen LogP contribution >= 0.6 is 0 Å². The number of aliphatic hydroxyl groups excluding tert-OH is 1. The predicted octanol–water partition coefficient (Wildman–Crippen LogP) is 1.94. The molecule has 1 atom stereocenters. The summed E-state index contributed by atoms with van der Waals surface area (Å²) in [6.07, 6.45) is 3.00. The van der Waals surface area contributed by atoms with Crippen LogP contribution < -0.4 is 16.1 Å². The molecule has 11 heteroatoms. The smallest absolute Gasteiger partial charge is 0.341 e. The zero-order valence-corrected chi connectivity index (χ0v) is 18.1. The van der Waals surface area contributed by atoms with Gasteiger partial charge in [0.1, 0.15) is 23.2 Å². The van der Waals surface area contributed by atoms with Gasteiger partial charge in [-0.05, 0) is 51.1 Å². The maximum Gasteiger partial charge on any atom is 0.341 e. The Balaban J connectivity index is 0.000000454. The minimum Gasteiger partial charge on any atom is -0.479 e. The number of benzene rings is 1. The molecule has 2 aliphatic rings. The van der Waals surface area contributed by atoms with Gasteiger partial charge >= 0.3 is 11.9 Å². The highest BCUT2D eigenvalue weighted by Crippen LogP contribution is 2.40. The average Bonchev–Trinajstić information content (AvgIpc) is 3.60. The van der Waals surface area contributed by atoms with E-state index in [1.807, 2.05) is 0 Å². The van der Waals surface area contributed by atoms with Crippen molar-refractivity contribution in [2.45, 2.75) is 44.8 Å². The standard InChI is InChI=1S/C19H21F2N3O3.C3H6O3/c20-14-7-12-16(15(21)17(14)23-5-3-10(8-22)4-6-23)24(11-1-2-11)9-13(18(12)25)19(26)27;1-2(4)3(5)6/h7,9-11H,1-6,8,22H2,(H,26,27);2,4H,1H3,(H,5,6). The van der Waals surface area contributed by atoms with Crippen molar-refractivity contribution in [3.63, 3.8) is 0 Å². The van der Waals surface area contributed by atoms with Gasteiger partial charge in [-0.15, -0.1) is 0 Å². The number of nitrogens with two attached hydrogens (primary N) is 1. The molecule has 9 nitrogen and oxygen atoms in total. The van der Waals surface area contributed by atoms with Crippen molar-refractivity contribution in [1.29, 1.82) is 0 Å². The number of rotatable bonds is 5. The predicted molar refractivity (Wildman–Crippen MR) is 117 cm³/mol. The Hall–Kier alpha value is -3.05. The van der Waals surface area contributed by atoms with E-state index in [2.05, 4.69) is 0 Å². The fourth-order valence-corrected chi connectivity index (χ4v) is 3.91. The van der Waals surface area contributed by atoms with E-state index >= 15 is 4.39 Å². The third-order valence-corrected chi connectivity index (χ3v) is 5.98. The minimum atomic E-state index is -1.40. The molecule has 1 saturated carbocycles. The number of halogens is 2. The number of nitrogens with zero attached hydrogens (tertiary/aromatic N) is 2. The molecular formula is C22H27F2N3O6. The molecular weight excluding hydrogens is 440 g/mol. The first-order valence-corrected chi connectivity index (χ1v) is 10.7. The summed E-state index contributed by atoms with van der Waals surface area (Å²) in [6.45, 7) is 2.72. The summed E-state index contributed by atoms with van der Waals surface area (Å²) in [5.74, 6) is -3.87. The third kappa shape index (κ3) is 5.14. The SMILES string of the molecule is CC(O)C(=O)O.NCC1CCN(c2c(F)cc3c(=O)c(C(=O)O)cn(C4CC4)c3c2F)CC1. The molecule has 5 N–H and O–H groups in total. The van der Waals surface area contributed by atoms with Gasteiger partial charge < -0.3 is 30.5 Å². The highest BCUT2D eigenvalue weighted by atomic mass is 19.1. The van der Waals surface area contributed by atoms with E-state index in [1.54, 1.807) is 4.90 Å². The van der Waals surface area contributed by atoms with Gasteiger partial charge in [0.05, 0.1) is 10.9 Å². The van der Waals surface area contributed by atoms with E-state index in [-0.39, 0.29) is 22.6 Å². The van der Waals surface area contributed by atoms with Crippen molar-refractivity contribution in [1.82, 2.24) is 4.57 Å². The second kappa shape index (κ2) is 9.84. The lowest BCUT2D eigenvalue weighted by molar-refractivity contribution is -0.145. The summed E-state index contributed by atoms with van der Waals surface area (Å²) in [6, 6.07) is 0.915. The Morgan fingerprint density at radius 1 is 1.18 bits per heavy atom. The molecule has 1 aliphatic carbocycles. The summed E-state index contributed by atoms with van der Waals surface area (Å²) in [5, 5.41) is 24.8. The van der Waals surface area contributed by atoms with Crippen LogP contribution in [0.1, 0.15) is 49.0 Å². The molecule has 1 unspecified atom stereocenters. The first-order valence-electron chi connectivity index (χ1n) is 10.7. The number of carbonyl (C=O) groups is 2. The quantitative estimate of drug-likeness (QED) is 0.522. The van der Waals surface area contributed by atoms with E-state index in [4.69, 9.17) is 15.9 Å². The molecule has 0 bridgehead atoms. The van der Waals surface area contributed by atoms with Crippen molar-refractivity contribution in [2.24, 2.45) is 11.7 Å². The van der Waals surface area contributed by atoms with Gasteiger partial charge in [0.25, 0.3) is 0 Å². The molecule has 2 heterocycles. The van der Waals surface area contributed by atoms with Crippen LogP contribution in [0, 0.1) is 17.6 Å². The number of aliphatic hydroxyl groups is 1. The maximum absolute atomic E-state index is 15.4. The van der Waals surface area contributed by atoms with Crippen LogP contribution in [0.25, 0.3) is 10.9 Å². The number of pyridine rings is 1. The van der Waals surface area contributed by atoms with Crippen LogP contribution in [0.4, 0.5) is 14.5 Å². The number of hydrogen-bond donors (Lipinski definition) is 4. The van der Waals surface area contributed by atoms with Crippen LogP contribution in [0.3, 0.4) is 0 Å². The Bertz CT molecular complexity index is 1120.